The largest absolute Gasteiger partial charge is 0.478 e. The fourth-order valence-corrected chi connectivity index (χ4v) is 3.04. The second kappa shape index (κ2) is 7.63. The normalized spacial score (nSPS) is 16.5. The molecule has 0 saturated carbocycles. The number of ether oxygens (including phenoxy) is 1. The molecule has 1 amide bonds. The zero-order valence-corrected chi connectivity index (χ0v) is 14.2. The number of carboxylic acids is 1. The monoisotopic (exact) mass is 342 g/mol. The van der Waals surface area contributed by atoms with Crippen LogP contribution < -0.4 is 5.32 Å². The van der Waals surface area contributed by atoms with E-state index in [4.69, 9.17) is 9.84 Å². The highest BCUT2D eigenvalue weighted by Gasteiger charge is 2.16. The topological polar surface area (TPSA) is 78.9 Å². The molecule has 0 spiro atoms. The third-order valence-corrected chi connectivity index (χ3v) is 4.36. The van der Waals surface area contributed by atoms with Crippen LogP contribution in [-0.4, -0.2) is 60.8 Å². The average Bonchev–Trinajstić information content (AvgIpc) is 2.61. The summed E-state index contributed by atoms with van der Waals surface area (Å²) in [7, 11) is 0. The van der Waals surface area contributed by atoms with Crippen molar-refractivity contribution in [1.29, 1.82) is 0 Å². The Hall–Kier alpha value is -2.44. The number of morpholine rings is 1. The summed E-state index contributed by atoms with van der Waals surface area (Å²) in [5, 5.41) is 13.7. The lowest BCUT2D eigenvalue weighted by molar-refractivity contribution is 0.0342. The third kappa shape index (κ3) is 4.35. The van der Waals surface area contributed by atoms with E-state index in [0.29, 0.717) is 5.56 Å². The lowest BCUT2D eigenvalue weighted by Gasteiger charge is -2.29. The predicted molar refractivity (Wildman–Crippen MR) is 95.1 cm³/mol. The van der Waals surface area contributed by atoms with Crippen molar-refractivity contribution in [2.75, 3.05) is 32.8 Å². The highest BCUT2D eigenvalue weighted by molar-refractivity contribution is 6.00. The van der Waals surface area contributed by atoms with E-state index in [1.54, 1.807) is 36.4 Å². The van der Waals surface area contributed by atoms with Crippen LogP contribution in [0, 0.1) is 0 Å². The Morgan fingerprint density at radius 2 is 1.72 bits per heavy atom. The van der Waals surface area contributed by atoms with E-state index in [0.717, 1.165) is 43.6 Å². The van der Waals surface area contributed by atoms with Crippen molar-refractivity contribution in [3.05, 3.63) is 47.5 Å². The van der Waals surface area contributed by atoms with E-state index < -0.39 is 5.97 Å². The van der Waals surface area contributed by atoms with Crippen LogP contribution >= 0.6 is 0 Å². The Balaban J connectivity index is 1.66. The van der Waals surface area contributed by atoms with Gasteiger partial charge in [0, 0.05) is 31.2 Å². The van der Waals surface area contributed by atoms with Crippen LogP contribution in [0.3, 0.4) is 0 Å². The molecular weight excluding hydrogens is 320 g/mol. The standard InChI is InChI=1S/C19H22N2O4/c1-13(12-21-6-8-25-9-7-21)20-18(22)16-4-2-15-11-17(19(23)24)5-3-14(15)10-16/h2-5,10-11,13H,6-9,12H2,1H3,(H,20,22)(H,23,24). The number of aromatic carboxylic acids is 1. The number of carboxylic acid groups (broad SMARTS) is 1. The summed E-state index contributed by atoms with van der Waals surface area (Å²) in [5.41, 5.74) is 0.813. The molecule has 2 aromatic rings. The molecule has 1 heterocycles. The second-order valence-electron chi connectivity index (χ2n) is 6.37. The lowest BCUT2D eigenvalue weighted by Crippen LogP contribution is -2.46. The fourth-order valence-electron chi connectivity index (χ4n) is 3.04. The summed E-state index contributed by atoms with van der Waals surface area (Å²) in [6, 6.07) is 10.2. The summed E-state index contributed by atoms with van der Waals surface area (Å²) in [4.78, 5) is 25.8. The number of nitrogens with one attached hydrogen (secondary N) is 1. The molecule has 25 heavy (non-hydrogen) atoms. The Morgan fingerprint density at radius 1 is 1.12 bits per heavy atom. The molecule has 3 rings (SSSR count). The first-order valence-electron chi connectivity index (χ1n) is 8.41. The number of fused-ring (bicyclic) bond motifs is 1. The van der Waals surface area contributed by atoms with Gasteiger partial charge in [0.1, 0.15) is 0 Å². The van der Waals surface area contributed by atoms with Crippen LogP contribution in [0.2, 0.25) is 0 Å². The van der Waals surface area contributed by atoms with Gasteiger partial charge in [-0.15, -0.1) is 0 Å². The van der Waals surface area contributed by atoms with Gasteiger partial charge in [0.25, 0.3) is 5.91 Å². The minimum Gasteiger partial charge on any atom is -0.478 e. The first-order chi connectivity index (χ1) is 12.0. The van der Waals surface area contributed by atoms with Gasteiger partial charge in [-0.2, -0.15) is 0 Å². The van der Waals surface area contributed by atoms with E-state index in [1.165, 1.54) is 0 Å². The molecule has 0 aliphatic carbocycles. The molecule has 2 aromatic carbocycles. The van der Waals surface area contributed by atoms with Crippen molar-refractivity contribution in [3.63, 3.8) is 0 Å². The van der Waals surface area contributed by atoms with Crippen LogP contribution in [-0.2, 0) is 4.74 Å². The Morgan fingerprint density at radius 3 is 2.36 bits per heavy atom. The molecule has 0 radical (unpaired) electrons. The Labute approximate surface area is 146 Å². The highest BCUT2D eigenvalue weighted by Crippen LogP contribution is 2.18. The van der Waals surface area contributed by atoms with Gasteiger partial charge in [0.2, 0.25) is 0 Å². The molecular formula is C19H22N2O4. The summed E-state index contributed by atoms with van der Waals surface area (Å²) in [6.45, 7) is 6.05. The fraction of sp³-hybridized carbons (Fsp3) is 0.368. The van der Waals surface area contributed by atoms with Crippen molar-refractivity contribution in [2.24, 2.45) is 0 Å². The number of hydrogen-bond donors (Lipinski definition) is 2. The van der Waals surface area contributed by atoms with Crippen molar-refractivity contribution >= 4 is 22.6 Å². The van der Waals surface area contributed by atoms with E-state index in [1.807, 2.05) is 6.92 Å². The maximum absolute atomic E-state index is 12.5. The van der Waals surface area contributed by atoms with E-state index in [9.17, 15) is 9.59 Å². The van der Waals surface area contributed by atoms with Gasteiger partial charge in [-0.25, -0.2) is 4.79 Å². The summed E-state index contributed by atoms with van der Waals surface area (Å²) in [6.07, 6.45) is 0. The first-order valence-corrected chi connectivity index (χ1v) is 8.41. The number of carbonyl (C=O) groups is 2. The van der Waals surface area contributed by atoms with E-state index >= 15 is 0 Å². The van der Waals surface area contributed by atoms with Gasteiger partial charge in [-0.1, -0.05) is 12.1 Å². The lowest BCUT2D eigenvalue weighted by atomic mass is 10.0. The van der Waals surface area contributed by atoms with Gasteiger partial charge < -0.3 is 15.2 Å². The molecule has 1 unspecified atom stereocenters. The minimum absolute atomic E-state index is 0.0377. The Kier molecular flexibility index (Phi) is 5.31. The zero-order chi connectivity index (χ0) is 17.8. The van der Waals surface area contributed by atoms with Crippen molar-refractivity contribution < 1.29 is 19.4 Å². The molecule has 2 N–H and O–H groups in total. The molecule has 6 nitrogen and oxygen atoms in total. The number of carbonyl (C=O) groups excluding carboxylic acids is 1. The van der Waals surface area contributed by atoms with Gasteiger partial charge in [0.15, 0.2) is 0 Å². The SMILES string of the molecule is CC(CN1CCOCC1)NC(=O)c1ccc2cc(C(=O)O)ccc2c1. The van der Waals surface area contributed by atoms with Gasteiger partial charge in [-0.05, 0) is 42.0 Å². The molecule has 132 valence electrons. The maximum atomic E-state index is 12.5. The molecule has 1 aliphatic rings. The highest BCUT2D eigenvalue weighted by atomic mass is 16.5. The molecule has 1 saturated heterocycles. The molecule has 0 aromatic heterocycles. The summed E-state index contributed by atoms with van der Waals surface area (Å²) in [5.74, 6) is -1.08. The number of benzene rings is 2. The van der Waals surface area contributed by atoms with Crippen LogP contribution in [0.15, 0.2) is 36.4 Å². The molecule has 6 heteroatoms. The average molecular weight is 342 g/mol. The Bertz CT molecular complexity index is 784. The van der Waals surface area contributed by atoms with Crippen LogP contribution in [0.4, 0.5) is 0 Å². The van der Waals surface area contributed by atoms with Crippen LogP contribution in [0.1, 0.15) is 27.6 Å². The molecule has 1 fully saturated rings. The van der Waals surface area contributed by atoms with Gasteiger partial charge in [-0.3, -0.25) is 9.69 Å². The van der Waals surface area contributed by atoms with E-state index in [2.05, 4.69) is 10.2 Å². The van der Waals surface area contributed by atoms with Gasteiger partial charge >= 0.3 is 5.97 Å². The quantitative estimate of drug-likeness (QED) is 0.869. The zero-order valence-electron chi connectivity index (χ0n) is 14.2. The van der Waals surface area contributed by atoms with Crippen molar-refractivity contribution in [1.82, 2.24) is 10.2 Å². The third-order valence-electron chi connectivity index (χ3n) is 4.36. The summed E-state index contributed by atoms with van der Waals surface area (Å²) >= 11 is 0. The number of hydrogen-bond acceptors (Lipinski definition) is 4. The minimum atomic E-state index is -0.958. The van der Waals surface area contributed by atoms with Crippen molar-refractivity contribution in [3.8, 4) is 0 Å². The van der Waals surface area contributed by atoms with Crippen LogP contribution in [0.25, 0.3) is 10.8 Å². The number of nitrogens with zero attached hydrogens (tertiary/aromatic N) is 1. The number of rotatable bonds is 5. The maximum Gasteiger partial charge on any atom is 0.335 e. The summed E-state index contributed by atoms with van der Waals surface area (Å²) < 4.78 is 5.33. The van der Waals surface area contributed by atoms with Crippen molar-refractivity contribution in [2.45, 2.75) is 13.0 Å². The molecule has 0 bridgehead atoms. The second-order valence-corrected chi connectivity index (χ2v) is 6.37. The van der Waals surface area contributed by atoms with Gasteiger partial charge in [0.05, 0.1) is 18.8 Å². The predicted octanol–water partition coefficient (Wildman–Crippen LogP) is 1.99. The molecule has 1 atom stereocenters. The number of amides is 1. The smallest absolute Gasteiger partial charge is 0.335 e. The van der Waals surface area contributed by atoms with Crippen LogP contribution in [0.5, 0.6) is 0 Å². The molecule has 1 aliphatic heterocycles. The first kappa shape index (κ1) is 17.4. The van der Waals surface area contributed by atoms with E-state index in [-0.39, 0.29) is 17.5 Å².